The molecule has 1 aliphatic heterocycles. The molecule has 1 aliphatic carbocycles. The lowest BCUT2D eigenvalue weighted by molar-refractivity contribution is -0.118. The third-order valence-corrected chi connectivity index (χ3v) is 5.22. The molecule has 1 aromatic carbocycles. The number of aryl methyl sites for hydroxylation is 1. The lowest BCUT2D eigenvalue weighted by Crippen LogP contribution is -2.37. The smallest absolute Gasteiger partial charge is 0.241 e. The number of aromatic nitrogens is 3. The number of rotatable bonds is 3. The molecule has 126 valence electrons. The van der Waals surface area contributed by atoms with Gasteiger partial charge in [-0.1, -0.05) is 6.07 Å². The molecule has 6 heteroatoms. The van der Waals surface area contributed by atoms with Gasteiger partial charge in [0.05, 0.1) is 17.8 Å². The highest BCUT2D eigenvalue weighted by Gasteiger charge is 2.47. The maximum atomic E-state index is 12.4. The second-order valence-electron chi connectivity index (χ2n) is 7.04. The van der Waals surface area contributed by atoms with E-state index in [2.05, 4.69) is 20.7 Å². The Labute approximate surface area is 145 Å². The topological polar surface area (TPSA) is 71.3 Å². The lowest BCUT2D eigenvalue weighted by Gasteiger charge is -2.14. The quantitative estimate of drug-likeness (QED) is 0.772. The van der Waals surface area contributed by atoms with Gasteiger partial charge in [0.25, 0.3) is 0 Å². The first kappa shape index (κ1) is 14.6. The number of nitrogens with one attached hydrogen (secondary N) is 2. The predicted octanol–water partition coefficient (Wildman–Crippen LogP) is 2.39. The van der Waals surface area contributed by atoms with Gasteiger partial charge in [-0.2, -0.15) is 0 Å². The number of hydrogen-bond donors (Lipinski definition) is 2. The number of benzene rings is 1. The summed E-state index contributed by atoms with van der Waals surface area (Å²) in [5.74, 6) is 1.40. The Morgan fingerprint density at radius 1 is 1.32 bits per heavy atom. The Morgan fingerprint density at radius 3 is 3.08 bits per heavy atom. The third kappa shape index (κ3) is 2.59. The molecule has 2 aliphatic rings. The summed E-state index contributed by atoms with van der Waals surface area (Å²) in [6, 6.07) is 10.3. The Morgan fingerprint density at radius 2 is 2.24 bits per heavy atom. The van der Waals surface area contributed by atoms with Crippen molar-refractivity contribution in [2.45, 2.75) is 31.8 Å². The van der Waals surface area contributed by atoms with Crippen LogP contribution >= 0.6 is 0 Å². The van der Waals surface area contributed by atoms with Crippen LogP contribution < -0.4 is 10.6 Å². The van der Waals surface area contributed by atoms with E-state index in [1.807, 2.05) is 54.2 Å². The van der Waals surface area contributed by atoms with Crippen LogP contribution in [0.5, 0.6) is 0 Å². The summed E-state index contributed by atoms with van der Waals surface area (Å²) in [7, 11) is 0. The molecule has 1 saturated heterocycles. The SMILES string of the molecule is Cc1ccc(NC(=O)[C@H]2C[C@H]3C[C@H]3N2)cc1-c1ncc2cccn2n1. The third-order valence-electron chi connectivity index (χ3n) is 5.22. The molecule has 2 N–H and O–H groups in total. The van der Waals surface area contributed by atoms with Crippen molar-refractivity contribution in [2.24, 2.45) is 5.92 Å². The monoisotopic (exact) mass is 333 g/mol. The first-order valence-corrected chi connectivity index (χ1v) is 8.66. The summed E-state index contributed by atoms with van der Waals surface area (Å²) >= 11 is 0. The fraction of sp³-hybridized carbons (Fsp3) is 0.316. The molecule has 3 heterocycles. The highest BCUT2D eigenvalue weighted by atomic mass is 16.2. The molecule has 1 amide bonds. The van der Waals surface area contributed by atoms with Gasteiger partial charge in [0.2, 0.25) is 5.91 Å². The molecular formula is C19H19N5O. The maximum absolute atomic E-state index is 12.4. The van der Waals surface area contributed by atoms with Crippen molar-refractivity contribution >= 4 is 17.1 Å². The lowest BCUT2D eigenvalue weighted by atomic mass is 10.1. The Hall–Kier alpha value is -2.73. The minimum Gasteiger partial charge on any atom is -0.325 e. The van der Waals surface area contributed by atoms with Gasteiger partial charge in [-0.05, 0) is 55.5 Å². The number of nitrogens with zero attached hydrogens (tertiary/aromatic N) is 3. The van der Waals surface area contributed by atoms with Gasteiger partial charge in [0.1, 0.15) is 0 Å². The van der Waals surface area contributed by atoms with Crippen LogP contribution in [0.1, 0.15) is 18.4 Å². The van der Waals surface area contributed by atoms with Crippen molar-refractivity contribution in [3.05, 3.63) is 48.3 Å². The number of amides is 1. The van der Waals surface area contributed by atoms with Gasteiger partial charge in [-0.15, -0.1) is 5.10 Å². The first-order chi connectivity index (χ1) is 12.2. The van der Waals surface area contributed by atoms with Crippen LogP contribution in [0.2, 0.25) is 0 Å². The van der Waals surface area contributed by atoms with E-state index >= 15 is 0 Å². The van der Waals surface area contributed by atoms with E-state index in [-0.39, 0.29) is 11.9 Å². The van der Waals surface area contributed by atoms with Crippen LogP contribution in [0, 0.1) is 12.8 Å². The molecule has 6 nitrogen and oxygen atoms in total. The zero-order valence-corrected chi connectivity index (χ0v) is 13.9. The van der Waals surface area contributed by atoms with Gasteiger partial charge >= 0.3 is 0 Å². The fourth-order valence-electron chi connectivity index (χ4n) is 3.65. The van der Waals surface area contributed by atoms with Gasteiger partial charge in [-0.25, -0.2) is 9.50 Å². The van der Waals surface area contributed by atoms with E-state index < -0.39 is 0 Å². The molecule has 3 aromatic rings. The normalized spacial score (nSPS) is 24.3. The summed E-state index contributed by atoms with van der Waals surface area (Å²) in [5.41, 5.74) is 3.74. The van der Waals surface area contributed by atoms with Crippen molar-refractivity contribution in [2.75, 3.05) is 5.32 Å². The standard InChI is InChI=1S/C19H19N5O/c1-11-4-5-13(21-19(25)17-8-12-7-16(12)22-17)9-15(11)18-20-10-14-3-2-6-24(14)23-18/h2-6,9-10,12,16-17,22H,7-8H2,1H3,(H,21,25)/t12-,16-,17-/m1/s1. The van der Waals surface area contributed by atoms with E-state index in [9.17, 15) is 4.79 Å². The minimum atomic E-state index is -0.0685. The zero-order valence-electron chi connectivity index (χ0n) is 13.9. The fourth-order valence-corrected chi connectivity index (χ4v) is 3.65. The summed E-state index contributed by atoms with van der Waals surface area (Å²) < 4.78 is 1.81. The molecular weight excluding hydrogens is 314 g/mol. The number of fused-ring (bicyclic) bond motifs is 2. The van der Waals surface area contributed by atoms with Crippen molar-refractivity contribution in [1.29, 1.82) is 0 Å². The zero-order chi connectivity index (χ0) is 17.0. The highest BCUT2D eigenvalue weighted by Crippen LogP contribution is 2.40. The molecule has 0 radical (unpaired) electrons. The maximum Gasteiger partial charge on any atom is 0.241 e. The summed E-state index contributed by atoms with van der Waals surface area (Å²) in [6.45, 7) is 2.02. The molecule has 0 spiro atoms. The van der Waals surface area contributed by atoms with Crippen molar-refractivity contribution in [1.82, 2.24) is 19.9 Å². The van der Waals surface area contributed by atoms with Crippen molar-refractivity contribution < 1.29 is 4.79 Å². The molecule has 25 heavy (non-hydrogen) atoms. The Balaban J connectivity index is 1.42. The van der Waals surface area contributed by atoms with E-state index in [4.69, 9.17) is 0 Å². The second kappa shape index (κ2) is 5.39. The van der Waals surface area contributed by atoms with Gasteiger partial charge in [0.15, 0.2) is 5.82 Å². The van der Waals surface area contributed by atoms with Crippen molar-refractivity contribution in [3.63, 3.8) is 0 Å². The Kier molecular flexibility index (Phi) is 3.15. The van der Waals surface area contributed by atoms with Crippen LogP contribution in [0.15, 0.2) is 42.7 Å². The highest BCUT2D eigenvalue weighted by molar-refractivity contribution is 5.95. The molecule has 0 bridgehead atoms. The van der Waals surface area contributed by atoms with Crippen LogP contribution in [0.4, 0.5) is 5.69 Å². The van der Waals surface area contributed by atoms with Gasteiger partial charge in [0, 0.05) is 23.5 Å². The molecule has 0 unspecified atom stereocenters. The molecule has 1 saturated carbocycles. The van der Waals surface area contributed by atoms with E-state index in [0.29, 0.717) is 17.8 Å². The largest absolute Gasteiger partial charge is 0.325 e. The van der Waals surface area contributed by atoms with E-state index in [0.717, 1.165) is 28.8 Å². The summed E-state index contributed by atoms with van der Waals surface area (Å²) in [4.78, 5) is 16.9. The van der Waals surface area contributed by atoms with Crippen LogP contribution in [0.25, 0.3) is 16.9 Å². The predicted molar refractivity (Wildman–Crippen MR) is 95.2 cm³/mol. The van der Waals surface area contributed by atoms with E-state index in [1.54, 1.807) is 0 Å². The molecule has 3 atom stereocenters. The number of hydrogen-bond acceptors (Lipinski definition) is 4. The molecule has 2 aromatic heterocycles. The van der Waals surface area contributed by atoms with Crippen LogP contribution in [0.3, 0.4) is 0 Å². The molecule has 5 rings (SSSR count). The Bertz CT molecular complexity index is 969. The van der Waals surface area contributed by atoms with Gasteiger partial charge < -0.3 is 10.6 Å². The average molecular weight is 333 g/mol. The van der Waals surface area contributed by atoms with Gasteiger partial charge in [-0.3, -0.25) is 4.79 Å². The number of carbonyl (C=O) groups excluding carboxylic acids is 1. The summed E-state index contributed by atoms with van der Waals surface area (Å²) in [5, 5.41) is 11.0. The minimum absolute atomic E-state index is 0.0452. The molecule has 2 fully saturated rings. The average Bonchev–Trinajstić information content (AvgIpc) is 3.03. The second-order valence-corrected chi connectivity index (χ2v) is 7.04. The number of carbonyl (C=O) groups is 1. The first-order valence-electron chi connectivity index (χ1n) is 8.66. The van der Waals surface area contributed by atoms with Crippen LogP contribution in [-0.4, -0.2) is 32.6 Å². The number of anilines is 1. The van der Waals surface area contributed by atoms with E-state index in [1.165, 1.54) is 6.42 Å². The number of piperidine rings is 1. The summed E-state index contributed by atoms with van der Waals surface area (Å²) in [6.07, 6.45) is 5.88. The van der Waals surface area contributed by atoms with Crippen LogP contribution in [-0.2, 0) is 4.79 Å². The van der Waals surface area contributed by atoms with Crippen molar-refractivity contribution in [3.8, 4) is 11.4 Å².